The van der Waals surface area contributed by atoms with Crippen LogP contribution in [0.25, 0.3) is 0 Å². The lowest BCUT2D eigenvalue weighted by Gasteiger charge is -2.63. The Labute approximate surface area is 179 Å². The van der Waals surface area contributed by atoms with Crippen molar-refractivity contribution in [2.75, 3.05) is 6.61 Å². The van der Waals surface area contributed by atoms with Gasteiger partial charge in [-0.1, -0.05) is 39.3 Å². The molecule has 10 atom stereocenters. The molecule has 0 saturated heterocycles. The summed E-state index contributed by atoms with van der Waals surface area (Å²) in [7, 11) is -1.61. The molecule has 0 bridgehead atoms. The van der Waals surface area contributed by atoms with Crippen LogP contribution in [0.5, 0.6) is 0 Å². The average Bonchev–Trinajstić information content (AvgIpc) is 2.93. The third-order valence-corrected chi connectivity index (χ3v) is 10.8. The number of fused-ring (bicyclic) bond motifs is 5. The van der Waals surface area contributed by atoms with Gasteiger partial charge in [0, 0.05) is 11.3 Å². The first-order chi connectivity index (χ1) is 13.5. The van der Waals surface area contributed by atoms with Crippen molar-refractivity contribution in [3.8, 4) is 0 Å². The fourth-order valence-corrected chi connectivity index (χ4v) is 9.63. The molecule has 0 aromatic carbocycles. The highest BCUT2D eigenvalue weighted by Gasteiger charge is 2.63. The van der Waals surface area contributed by atoms with Crippen LogP contribution in [-0.2, 0) is 4.43 Å². The molecule has 4 heteroatoms. The van der Waals surface area contributed by atoms with Gasteiger partial charge in [-0.3, -0.25) is 0 Å². The smallest absolute Gasteiger partial charge is 0.184 e. The summed E-state index contributed by atoms with van der Waals surface area (Å²) in [5.41, 5.74) is 1.48. The minimum atomic E-state index is -1.61. The Morgan fingerprint density at radius 3 is 2.41 bits per heavy atom. The molecule has 0 amide bonds. The lowest BCUT2D eigenvalue weighted by Crippen LogP contribution is -2.60. The zero-order valence-electron chi connectivity index (χ0n) is 19.7. The van der Waals surface area contributed by atoms with E-state index in [-0.39, 0.29) is 29.6 Å². The minimum Gasteiger partial charge on any atom is -0.414 e. The second kappa shape index (κ2) is 7.18. The third kappa shape index (κ3) is 3.15. The van der Waals surface area contributed by atoms with Crippen LogP contribution in [0.1, 0.15) is 59.8 Å². The van der Waals surface area contributed by atoms with E-state index in [1.165, 1.54) is 5.57 Å². The molecule has 4 rings (SSSR count). The standard InChI is InChI=1S/C25H44O3Si/c1-15-12-20-17(3)21(28-29(5,6)7)13-16(2)25(20,14-26)19-10-11-24(4)18(23(15)19)8-9-22(24)27/h12,15-19,21-23,26-27H,8-11,13-14H2,1-7H3/t15?,16?,17?,18-,19+,21?,22?,23-,24-,25+/m0/s1. The van der Waals surface area contributed by atoms with Gasteiger partial charge in [-0.25, -0.2) is 0 Å². The molecule has 0 aromatic heterocycles. The molecule has 0 heterocycles. The number of allylic oxidation sites excluding steroid dienone is 1. The van der Waals surface area contributed by atoms with Gasteiger partial charge >= 0.3 is 0 Å². The van der Waals surface area contributed by atoms with Gasteiger partial charge in [-0.05, 0) is 86.7 Å². The van der Waals surface area contributed by atoms with Gasteiger partial charge in [0.1, 0.15) is 0 Å². The SMILES string of the molecule is CC1C2=CC(C)[C@@H]3[C@@H](CC[C@]4(C)C(O)CC[C@@H]34)[C@@]2(CO)C(C)CC1O[Si](C)(C)C. The molecule has 0 radical (unpaired) electrons. The fourth-order valence-electron chi connectivity index (χ4n) is 8.42. The molecular weight excluding hydrogens is 376 g/mol. The first-order valence-corrected chi connectivity index (χ1v) is 15.6. The van der Waals surface area contributed by atoms with Crippen LogP contribution in [0.4, 0.5) is 0 Å². The van der Waals surface area contributed by atoms with Crippen molar-refractivity contribution in [2.24, 2.45) is 46.3 Å². The Kier molecular flexibility index (Phi) is 5.46. The Morgan fingerprint density at radius 2 is 1.79 bits per heavy atom. The minimum absolute atomic E-state index is 0.0738. The van der Waals surface area contributed by atoms with Crippen molar-refractivity contribution >= 4 is 8.32 Å². The zero-order valence-corrected chi connectivity index (χ0v) is 20.7. The van der Waals surface area contributed by atoms with Crippen LogP contribution >= 0.6 is 0 Å². The first-order valence-electron chi connectivity index (χ1n) is 12.1. The van der Waals surface area contributed by atoms with Crippen molar-refractivity contribution < 1.29 is 14.6 Å². The number of hydrogen-bond donors (Lipinski definition) is 2. The molecule has 2 N–H and O–H groups in total. The summed E-state index contributed by atoms with van der Waals surface area (Å²) in [6.07, 6.45) is 8.12. The number of aliphatic hydroxyl groups excluding tert-OH is 2. The largest absolute Gasteiger partial charge is 0.414 e. The van der Waals surface area contributed by atoms with E-state index in [1.807, 2.05) is 0 Å². The molecule has 3 nitrogen and oxygen atoms in total. The summed E-state index contributed by atoms with van der Waals surface area (Å²) in [5, 5.41) is 21.7. The van der Waals surface area contributed by atoms with Crippen molar-refractivity contribution in [1.82, 2.24) is 0 Å². The molecule has 5 unspecified atom stereocenters. The van der Waals surface area contributed by atoms with E-state index >= 15 is 0 Å². The van der Waals surface area contributed by atoms with E-state index in [1.54, 1.807) is 0 Å². The Balaban J connectivity index is 1.75. The first kappa shape index (κ1) is 22.0. The van der Waals surface area contributed by atoms with E-state index in [0.29, 0.717) is 35.5 Å². The van der Waals surface area contributed by atoms with Gasteiger partial charge in [0.25, 0.3) is 0 Å². The van der Waals surface area contributed by atoms with E-state index in [9.17, 15) is 10.2 Å². The highest BCUT2D eigenvalue weighted by molar-refractivity contribution is 6.69. The van der Waals surface area contributed by atoms with Crippen LogP contribution in [0.15, 0.2) is 11.6 Å². The van der Waals surface area contributed by atoms with Crippen molar-refractivity contribution in [3.05, 3.63) is 11.6 Å². The van der Waals surface area contributed by atoms with Crippen molar-refractivity contribution in [2.45, 2.75) is 91.6 Å². The van der Waals surface area contributed by atoms with Crippen molar-refractivity contribution in [3.63, 3.8) is 0 Å². The molecule has 166 valence electrons. The summed E-state index contributed by atoms with van der Waals surface area (Å²) in [5.74, 6) is 3.06. The van der Waals surface area contributed by atoms with E-state index in [2.05, 4.69) is 53.4 Å². The van der Waals surface area contributed by atoms with E-state index in [0.717, 1.165) is 32.1 Å². The predicted molar refractivity (Wildman–Crippen MR) is 121 cm³/mol. The monoisotopic (exact) mass is 420 g/mol. The Morgan fingerprint density at radius 1 is 1.10 bits per heavy atom. The predicted octanol–water partition coefficient (Wildman–Crippen LogP) is 5.24. The van der Waals surface area contributed by atoms with Crippen molar-refractivity contribution in [1.29, 1.82) is 0 Å². The molecule has 29 heavy (non-hydrogen) atoms. The second-order valence-corrected chi connectivity index (χ2v) is 16.8. The van der Waals surface area contributed by atoms with Crippen LogP contribution in [0.2, 0.25) is 19.6 Å². The quantitative estimate of drug-likeness (QED) is 0.485. The number of rotatable bonds is 3. The summed E-state index contributed by atoms with van der Waals surface area (Å²) < 4.78 is 6.65. The summed E-state index contributed by atoms with van der Waals surface area (Å²) in [6.45, 7) is 16.6. The molecule has 3 saturated carbocycles. The fraction of sp³-hybridized carbons (Fsp3) is 0.920. The van der Waals surface area contributed by atoms with Gasteiger partial charge in [-0.15, -0.1) is 0 Å². The normalized spacial score (nSPS) is 52.4. The molecule has 4 aliphatic carbocycles. The maximum atomic E-state index is 10.9. The van der Waals surface area contributed by atoms with Gasteiger partial charge in [0.05, 0.1) is 18.8 Å². The van der Waals surface area contributed by atoms with Crippen LogP contribution in [-0.4, -0.2) is 37.3 Å². The molecule has 0 spiro atoms. The molecular formula is C25H44O3Si. The summed E-state index contributed by atoms with van der Waals surface area (Å²) in [4.78, 5) is 0. The van der Waals surface area contributed by atoms with Gasteiger partial charge < -0.3 is 14.6 Å². The Hall–Kier alpha value is -0.163. The van der Waals surface area contributed by atoms with Crippen LogP contribution < -0.4 is 0 Å². The maximum absolute atomic E-state index is 10.9. The number of hydrogen-bond acceptors (Lipinski definition) is 3. The maximum Gasteiger partial charge on any atom is 0.184 e. The topological polar surface area (TPSA) is 49.7 Å². The number of aliphatic hydroxyl groups is 2. The molecule has 0 aliphatic heterocycles. The van der Waals surface area contributed by atoms with Gasteiger partial charge in [-0.2, -0.15) is 0 Å². The summed E-state index contributed by atoms with van der Waals surface area (Å²) in [6, 6.07) is 0. The average molecular weight is 421 g/mol. The highest BCUT2D eigenvalue weighted by atomic mass is 28.4. The van der Waals surface area contributed by atoms with Gasteiger partial charge in [0.2, 0.25) is 0 Å². The van der Waals surface area contributed by atoms with Crippen LogP contribution in [0, 0.1) is 46.3 Å². The molecule has 3 fully saturated rings. The third-order valence-electron chi connectivity index (χ3n) is 9.81. The molecule has 4 aliphatic rings. The molecule has 0 aromatic rings. The lowest BCUT2D eigenvalue weighted by atomic mass is 9.42. The van der Waals surface area contributed by atoms with Gasteiger partial charge in [0.15, 0.2) is 8.32 Å². The lowest BCUT2D eigenvalue weighted by molar-refractivity contribution is -0.125. The zero-order chi connectivity index (χ0) is 21.4. The summed E-state index contributed by atoms with van der Waals surface area (Å²) >= 11 is 0. The Bertz CT molecular complexity index is 669. The van der Waals surface area contributed by atoms with E-state index in [4.69, 9.17) is 4.43 Å². The highest BCUT2D eigenvalue weighted by Crippen LogP contribution is 2.67. The van der Waals surface area contributed by atoms with E-state index < -0.39 is 8.32 Å². The second-order valence-electron chi connectivity index (χ2n) is 12.3. The van der Waals surface area contributed by atoms with Crippen LogP contribution in [0.3, 0.4) is 0 Å².